The molecule has 0 spiro atoms. The Bertz CT molecular complexity index is 207. The fourth-order valence-corrected chi connectivity index (χ4v) is 3.58. The molecule has 1 heterocycles. The van der Waals surface area contributed by atoms with Crippen molar-refractivity contribution in [1.29, 1.82) is 0 Å². The molecule has 1 aliphatic carbocycles. The molecule has 0 aromatic rings. The predicted molar refractivity (Wildman–Crippen MR) is 64.6 cm³/mol. The van der Waals surface area contributed by atoms with E-state index in [1.807, 2.05) is 0 Å². The van der Waals surface area contributed by atoms with Gasteiger partial charge in [0.2, 0.25) is 0 Å². The van der Waals surface area contributed by atoms with E-state index in [2.05, 4.69) is 10.2 Å². The van der Waals surface area contributed by atoms with Gasteiger partial charge in [0.05, 0.1) is 0 Å². The SMILES string of the molecule is O=S1CCN(CCNC2CCCC2)CC1. The molecule has 0 bridgehead atoms. The van der Waals surface area contributed by atoms with Crippen molar-refractivity contribution < 1.29 is 4.21 Å². The van der Waals surface area contributed by atoms with Gasteiger partial charge in [-0.1, -0.05) is 12.8 Å². The maximum absolute atomic E-state index is 11.2. The molecule has 1 aliphatic heterocycles. The summed E-state index contributed by atoms with van der Waals surface area (Å²) in [6.07, 6.45) is 5.54. The Balaban J connectivity index is 1.55. The maximum atomic E-state index is 11.2. The molecule has 0 atom stereocenters. The Labute approximate surface area is 95.1 Å². The third kappa shape index (κ3) is 3.85. The van der Waals surface area contributed by atoms with E-state index in [1.165, 1.54) is 25.7 Å². The van der Waals surface area contributed by atoms with E-state index < -0.39 is 10.8 Å². The van der Waals surface area contributed by atoms with Crippen LogP contribution < -0.4 is 5.32 Å². The van der Waals surface area contributed by atoms with Crippen molar-refractivity contribution >= 4 is 10.8 Å². The number of rotatable bonds is 4. The highest BCUT2D eigenvalue weighted by molar-refractivity contribution is 7.85. The van der Waals surface area contributed by atoms with Crippen LogP contribution in [0.2, 0.25) is 0 Å². The molecule has 0 amide bonds. The molecule has 0 radical (unpaired) electrons. The molecule has 15 heavy (non-hydrogen) atoms. The Morgan fingerprint density at radius 2 is 1.87 bits per heavy atom. The molecule has 2 rings (SSSR count). The third-order valence-corrected chi connectivity index (χ3v) is 4.76. The van der Waals surface area contributed by atoms with Gasteiger partial charge >= 0.3 is 0 Å². The van der Waals surface area contributed by atoms with Crippen molar-refractivity contribution in [3.63, 3.8) is 0 Å². The van der Waals surface area contributed by atoms with Crippen LogP contribution in [0.3, 0.4) is 0 Å². The van der Waals surface area contributed by atoms with Crippen molar-refractivity contribution in [2.24, 2.45) is 0 Å². The summed E-state index contributed by atoms with van der Waals surface area (Å²) in [6.45, 7) is 4.29. The van der Waals surface area contributed by atoms with Crippen LogP contribution in [-0.4, -0.2) is 52.8 Å². The van der Waals surface area contributed by atoms with Crippen LogP contribution in [0.5, 0.6) is 0 Å². The third-order valence-electron chi connectivity index (χ3n) is 3.49. The zero-order chi connectivity index (χ0) is 10.5. The summed E-state index contributed by atoms with van der Waals surface area (Å²) in [7, 11) is -0.531. The number of hydrogen-bond acceptors (Lipinski definition) is 3. The van der Waals surface area contributed by atoms with Gasteiger partial charge < -0.3 is 10.2 Å². The van der Waals surface area contributed by atoms with Crippen molar-refractivity contribution in [2.45, 2.75) is 31.7 Å². The van der Waals surface area contributed by atoms with Crippen LogP contribution in [0, 0.1) is 0 Å². The second kappa shape index (κ2) is 5.97. The Hall–Kier alpha value is 0.0700. The van der Waals surface area contributed by atoms with Gasteiger partial charge in [0, 0.05) is 54.5 Å². The molecule has 2 aliphatic rings. The highest BCUT2D eigenvalue weighted by atomic mass is 32.2. The number of nitrogens with zero attached hydrogens (tertiary/aromatic N) is 1. The molecule has 3 nitrogen and oxygen atoms in total. The van der Waals surface area contributed by atoms with E-state index in [0.29, 0.717) is 0 Å². The maximum Gasteiger partial charge on any atom is 0.0363 e. The topological polar surface area (TPSA) is 32.3 Å². The molecular formula is C11H22N2OS. The monoisotopic (exact) mass is 230 g/mol. The number of nitrogens with one attached hydrogen (secondary N) is 1. The molecule has 1 saturated carbocycles. The standard InChI is InChI=1S/C11H22N2OS/c14-15-9-7-13(8-10-15)6-5-12-11-3-1-2-4-11/h11-12H,1-10H2. The molecular weight excluding hydrogens is 208 g/mol. The normalized spacial score (nSPS) is 26.1. The van der Waals surface area contributed by atoms with Gasteiger partial charge in [-0.15, -0.1) is 0 Å². The van der Waals surface area contributed by atoms with Crippen LogP contribution in [0.4, 0.5) is 0 Å². The van der Waals surface area contributed by atoms with Gasteiger partial charge in [0.25, 0.3) is 0 Å². The zero-order valence-corrected chi connectivity index (χ0v) is 10.2. The minimum atomic E-state index is -0.531. The van der Waals surface area contributed by atoms with Crippen molar-refractivity contribution in [3.05, 3.63) is 0 Å². The lowest BCUT2D eigenvalue weighted by atomic mass is 10.2. The second-order valence-electron chi connectivity index (χ2n) is 4.63. The van der Waals surface area contributed by atoms with Gasteiger partial charge in [-0.3, -0.25) is 4.21 Å². The summed E-state index contributed by atoms with van der Waals surface area (Å²) in [5.41, 5.74) is 0. The molecule has 0 aromatic carbocycles. The zero-order valence-electron chi connectivity index (χ0n) is 9.41. The summed E-state index contributed by atoms with van der Waals surface area (Å²) in [5.74, 6) is 1.76. The highest BCUT2D eigenvalue weighted by Gasteiger charge is 2.16. The van der Waals surface area contributed by atoms with Gasteiger partial charge in [0.15, 0.2) is 0 Å². The Morgan fingerprint density at radius 1 is 1.20 bits per heavy atom. The summed E-state index contributed by atoms with van der Waals surface area (Å²) >= 11 is 0. The van der Waals surface area contributed by atoms with Crippen LogP contribution in [0.1, 0.15) is 25.7 Å². The fourth-order valence-electron chi connectivity index (χ4n) is 2.46. The molecule has 0 aromatic heterocycles. The first kappa shape index (κ1) is 11.6. The minimum absolute atomic E-state index is 0.531. The van der Waals surface area contributed by atoms with E-state index in [-0.39, 0.29) is 0 Å². The van der Waals surface area contributed by atoms with E-state index in [4.69, 9.17) is 0 Å². The second-order valence-corrected chi connectivity index (χ2v) is 6.32. The van der Waals surface area contributed by atoms with Crippen molar-refractivity contribution in [3.8, 4) is 0 Å². The smallest absolute Gasteiger partial charge is 0.0363 e. The van der Waals surface area contributed by atoms with Crippen molar-refractivity contribution in [1.82, 2.24) is 10.2 Å². The Kier molecular flexibility index (Phi) is 4.60. The fraction of sp³-hybridized carbons (Fsp3) is 1.00. The predicted octanol–water partition coefficient (Wildman–Crippen LogP) is 0.583. The summed E-state index contributed by atoms with van der Waals surface area (Å²) < 4.78 is 11.2. The van der Waals surface area contributed by atoms with Crippen molar-refractivity contribution in [2.75, 3.05) is 37.7 Å². The first-order valence-electron chi connectivity index (χ1n) is 6.15. The molecule has 1 saturated heterocycles. The lowest BCUT2D eigenvalue weighted by Gasteiger charge is -2.26. The molecule has 88 valence electrons. The van der Waals surface area contributed by atoms with E-state index in [9.17, 15) is 4.21 Å². The van der Waals surface area contributed by atoms with E-state index >= 15 is 0 Å². The molecule has 0 unspecified atom stereocenters. The first-order chi connectivity index (χ1) is 7.34. The lowest BCUT2D eigenvalue weighted by molar-refractivity contribution is 0.292. The van der Waals surface area contributed by atoms with E-state index in [1.54, 1.807) is 0 Å². The summed E-state index contributed by atoms with van der Waals surface area (Å²) in [4.78, 5) is 2.43. The highest BCUT2D eigenvalue weighted by Crippen LogP contribution is 2.17. The minimum Gasteiger partial charge on any atom is -0.313 e. The van der Waals surface area contributed by atoms with Crippen LogP contribution >= 0.6 is 0 Å². The van der Waals surface area contributed by atoms with Gasteiger partial charge in [-0.2, -0.15) is 0 Å². The average molecular weight is 230 g/mol. The van der Waals surface area contributed by atoms with Gasteiger partial charge in [0.1, 0.15) is 0 Å². The quantitative estimate of drug-likeness (QED) is 0.767. The molecule has 4 heteroatoms. The largest absolute Gasteiger partial charge is 0.313 e. The summed E-state index contributed by atoms with van der Waals surface area (Å²) in [5, 5.41) is 3.62. The Morgan fingerprint density at radius 3 is 2.53 bits per heavy atom. The van der Waals surface area contributed by atoms with E-state index in [0.717, 1.165) is 43.7 Å². The van der Waals surface area contributed by atoms with Crippen LogP contribution in [0.25, 0.3) is 0 Å². The molecule has 1 N–H and O–H groups in total. The molecule has 2 fully saturated rings. The van der Waals surface area contributed by atoms with Gasteiger partial charge in [-0.25, -0.2) is 0 Å². The average Bonchev–Trinajstić information content (AvgIpc) is 2.74. The van der Waals surface area contributed by atoms with Gasteiger partial charge in [-0.05, 0) is 12.8 Å². The van der Waals surface area contributed by atoms with Crippen LogP contribution in [0.15, 0.2) is 0 Å². The first-order valence-corrected chi connectivity index (χ1v) is 7.64. The summed E-state index contributed by atoms with van der Waals surface area (Å²) in [6, 6.07) is 0.781. The lowest BCUT2D eigenvalue weighted by Crippen LogP contribution is -2.42. The van der Waals surface area contributed by atoms with Crippen LogP contribution in [-0.2, 0) is 10.8 Å². The number of hydrogen-bond donors (Lipinski definition) is 1.